The maximum Gasteiger partial charge on any atom is 0.126 e. The lowest BCUT2D eigenvalue weighted by atomic mass is 9.92. The summed E-state index contributed by atoms with van der Waals surface area (Å²) in [4.78, 5) is 0. The maximum atomic E-state index is 14.0. The van der Waals surface area contributed by atoms with Gasteiger partial charge in [-0.05, 0) is 36.8 Å². The molecular weight excluding hydrogens is 261 g/mol. The second kappa shape index (κ2) is 9.19. The van der Waals surface area contributed by atoms with Crippen molar-refractivity contribution in [3.63, 3.8) is 0 Å². The highest BCUT2D eigenvalue weighted by Crippen LogP contribution is 2.27. The third-order valence-electron chi connectivity index (χ3n) is 4.48. The first-order valence-corrected chi connectivity index (χ1v) is 8.79. The molecule has 1 N–H and O–H groups in total. The molecule has 1 saturated carbocycles. The summed E-state index contributed by atoms with van der Waals surface area (Å²) < 4.78 is 14.0. The fourth-order valence-corrected chi connectivity index (χ4v) is 2.94. The highest BCUT2D eigenvalue weighted by molar-refractivity contribution is 5.22. The van der Waals surface area contributed by atoms with E-state index in [1.165, 1.54) is 51.4 Å². The van der Waals surface area contributed by atoms with Gasteiger partial charge in [0, 0.05) is 12.6 Å². The maximum absolute atomic E-state index is 14.0. The average Bonchev–Trinajstić information content (AvgIpc) is 3.31. The lowest BCUT2D eigenvalue weighted by Crippen LogP contribution is -2.24. The van der Waals surface area contributed by atoms with Gasteiger partial charge in [-0.3, -0.25) is 0 Å². The van der Waals surface area contributed by atoms with Crippen molar-refractivity contribution < 1.29 is 4.39 Å². The van der Waals surface area contributed by atoms with Crippen LogP contribution in [-0.4, -0.2) is 12.6 Å². The van der Waals surface area contributed by atoms with Crippen LogP contribution in [0.4, 0.5) is 4.39 Å². The first-order chi connectivity index (χ1) is 10.3. The molecule has 2 rings (SSSR count). The van der Waals surface area contributed by atoms with Gasteiger partial charge in [-0.2, -0.15) is 0 Å². The highest BCUT2D eigenvalue weighted by atomic mass is 19.1. The number of nitrogens with one attached hydrogen (secondary N) is 1. The van der Waals surface area contributed by atoms with Crippen LogP contribution in [0.25, 0.3) is 0 Å². The van der Waals surface area contributed by atoms with Gasteiger partial charge < -0.3 is 5.32 Å². The summed E-state index contributed by atoms with van der Waals surface area (Å²) in [6.45, 7) is 3.18. The van der Waals surface area contributed by atoms with Gasteiger partial charge in [0.05, 0.1) is 0 Å². The molecule has 2 heteroatoms. The molecule has 1 atom stereocenters. The van der Waals surface area contributed by atoms with Gasteiger partial charge in [0.25, 0.3) is 0 Å². The third kappa shape index (κ3) is 6.17. The average molecular weight is 291 g/mol. The van der Waals surface area contributed by atoms with Gasteiger partial charge in [0.2, 0.25) is 0 Å². The smallest absolute Gasteiger partial charge is 0.126 e. The molecule has 118 valence electrons. The van der Waals surface area contributed by atoms with E-state index in [2.05, 4.69) is 12.2 Å². The van der Waals surface area contributed by atoms with E-state index in [1.807, 2.05) is 12.1 Å². The van der Waals surface area contributed by atoms with E-state index in [0.717, 1.165) is 18.5 Å². The molecule has 1 fully saturated rings. The Morgan fingerprint density at radius 2 is 1.81 bits per heavy atom. The van der Waals surface area contributed by atoms with E-state index < -0.39 is 0 Å². The SMILES string of the molecule is CCCCCCCCC(CNC1CC1)c1ccccc1F. The molecule has 1 aromatic carbocycles. The molecule has 0 radical (unpaired) electrons. The second-order valence-electron chi connectivity index (χ2n) is 6.46. The standard InChI is InChI=1S/C19H30FN/c1-2-3-4-5-6-7-10-16(15-21-17-13-14-17)18-11-8-9-12-19(18)20/h8-9,11-12,16-17,21H,2-7,10,13-15H2,1H3. The highest BCUT2D eigenvalue weighted by Gasteiger charge is 2.23. The predicted molar refractivity (Wildman–Crippen MR) is 88.2 cm³/mol. The lowest BCUT2D eigenvalue weighted by Gasteiger charge is -2.19. The van der Waals surface area contributed by atoms with Crippen LogP contribution in [0.3, 0.4) is 0 Å². The van der Waals surface area contributed by atoms with Crippen LogP contribution in [0.5, 0.6) is 0 Å². The second-order valence-corrected chi connectivity index (χ2v) is 6.46. The Morgan fingerprint density at radius 3 is 2.52 bits per heavy atom. The molecule has 1 aliphatic rings. The summed E-state index contributed by atoms with van der Waals surface area (Å²) in [5.41, 5.74) is 0.902. The predicted octanol–water partition coefficient (Wildman–Crippen LogP) is 5.41. The summed E-state index contributed by atoms with van der Waals surface area (Å²) in [6, 6.07) is 8.01. The quantitative estimate of drug-likeness (QED) is 0.537. The molecule has 0 amide bonds. The molecule has 0 aliphatic heterocycles. The lowest BCUT2D eigenvalue weighted by molar-refractivity contribution is 0.486. The van der Waals surface area contributed by atoms with Gasteiger partial charge in [0.1, 0.15) is 5.82 Å². The van der Waals surface area contributed by atoms with Gasteiger partial charge in [-0.15, -0.1) is 0 Å². The Labute approximate surface area is 129 Å². The van der Waals surface area contributed by atoms with Crippen molar-refractivity contribution in [3.05, 3.63) is 35.6 Å². The summed E-state index contributed by atoms with van der Waals surface area (Å²) in [5, 5.41) is 3.58. The molecule has 0 bridgehead atoms. The van der Waals surface area contributed by atoms with Crippen LogP contribution in [-0.2, 0) is 0 Å². The van der Waals surface area contributed by atoms with Crippen molar-refractivity contribution in [3.8, 4) is 0 Å². The van der Waals surface area contributed by atoms with Crippen molar-refractivity contribution in [2.45, 2.75) is 76.7 Å². The van der Waals surface area contributed by atoms with Crippen LogP contribution in [0.15, 0.2) is 24.3 Å². The van der Waals surface area contributed by atoms with E-state index in [9.17, 15) is 4.39 Å². The fourth-order valence-electron chi connectivity index (χ4n) is 2.94. The molecular formula is C19H30FN. The van der Waals surface area contributed by atoms with Crippen LogP contribution in [0.1, 0.15) is 76.2 Å². The van der Waals surface area contributed by atoms with Crippen LogP contribution in [0.2, 0.25) is 0 Å². The molecule has 0 saturated heterocycles. The first-order valence-electron chi connectivity index (χ1n) is 8.79. The molecule has 1 aromatic rings. The summed E-state index contributed by atoms with van der Waals surface area (Å²) in [6.07, 6.45) is 11.5. The van der Waals surface area contributed by atoms with Gasteiger partial charge in [0.15, 0.2) is 0 Å². The van der Waals surface area contributed by atoms with E-state index in [4.69, 9.17) is 0 Å². The molecule has 21 heavy (non-hydrogen) atoms. The minimum absolute atomic E-state index is 0.0360. The van der Waals surface area contributed by atoms with Crippen LogP contribution in [0, 0.1) is 5.82 Å². The van der Waals surface area contributed by atoms with Crippen molar-refractivity contribution in [2.24, 2.45) is 0 Å². The largest absolute Gasteiger partial charge is 0.313 e. The zero-order chi connectivity index (χ0) is 14.9. The van der Waals surface area contributed by atoms with E-state index in [0.29, 0.717) is 12.0 Å². The number of unbranched alkanes of at least 4 members (excludes halogenated alkanes) is 5. The van der Waals surface area contributed by atoms with Crippen molar-refractivity contribution in [1.29, 1.82) is 0 Å². The summed E-state index contributed by atoms with van der Waals surface area (Å²) in [5.74, 6) is 0.295. The first kappa shape index (κ1) is 16.5. The number of hydrogen-bond donors (Lipinski definition) is 1. The Bertz CT molecular complexity index is 400. The zero-order valence-corrected chi connectivity index (χ0v) is 13.4. The molecule has 1 aliphatic carbocycles. The van der Waals surface area contributed by atoms with Gasteiger partial charge in [-0.1, -0.05) is 63.6 Å². The van der Waals surface area contributed by atoms with Gasteiger partial charge in [-0.25, -0.2) is 4.39 Å². The molecule has 0 heterocycles. The molecule has 0 spiro atoms. The normalized spacial score (nSPS) is 16.1. The monoisotopic (exact) mass is 291 g/mol. The molecule has 0 aromatic heterocycles. The number of benzene rings is 1. The minimum Gasteiger partial charge on any atom is -0.313 e. The van der Waals surface area contributed by atoms with Crippen molar-refractivity contribution in [1.82, 2.24) is 5.32 Å². The van der Waals surface area contributed by atoms with Gasteiger partial charge >= 0.3 is 0 Å². The van der Waals surface area contributed by atoms with E-state index >= 15 is 0 Å². The Morgan fingerprint density at radius 1 is 1.10 bits per heavy atom. The molecule has 1 unspecified atom stereocenters. The topological polar surface area (TPSA) is 12.0 Å². The summed E-state index contributed by atoms with van der Waals surface area (Å²) >= 11 is 0. The van der Waals surface area contributed by atoms with E-state index in [-0.39, 0.29) is 5.82 Å². The summed E-state index contributed by atoms with van der Waals surface area (Å²) in [7, 11) is 0. The number of hydrogen-bond acceptors (Lipinski definition) is 1. The van der Waals surface area contributed by atoms with Crippen LogP contribution >= 0.6 is 0 Å². The van der Waals surface area contributed by atoms with E-state index in [1.54, 1.807) is 12.1 Å². The Balaban J connectivity index is 1.79. The van der Waals surface area contributed by atoms with Crippen LogP contribution < -0.4 is 5.32 Å². The Hall–Kier alpha value is -0.890. The minimum atomic E-state index is -0.0360. The third-order valence-corrected chi connectivity index (χ3v) is 4.48. The zero-order valence-electron chi connectivity index (χ0n) is 13.4. The Kier molecular flexibility index (Phi) is 7.21. The van der Waals surface area contributed by atoms with Crippen molar-refractivity contribution in [2.75, 3.05) is 6.54 Å². The fraction of sp³-hybridized carbons (Fsp3) is 0.684. The number of halogens is 1. The number of rotatable bonds is 11. The van der Waals surface area contributed by atoms with Crippen molar-refractivity contribution >= 4 is 0 Å². The molecule has 1 nitrogen and oxygen atoms in total.